The van der Waals surface area contributed by atoms with E-state index in [-0.39, 0.29) is 17.7 Å². The topological polar surface area (TPSA) is 44.5 Å². The minimum atomic E-state index is -0.0477. The standard InChI is InChI=1S/C15H22BrNO2/c1-10(17)13-8-11(16)4-5-14(13)18-9-12-6-7-15(2,3)19-12/h4-5,8,10,12H,6-7,9,17H2,1-3H3/t10-,12?/m1/s1. The zero-order valence-electron chi connectivity index (χ0n) is 11.8. The Morgan fingerprint density at radius 3 is 2.84 bits per heavy atom. The Bertz CT molecular complexity index is 446. The molecule has 2 atom stereocenters. The van der Waals surface area contributed by atoms with Gasteiger partial charge in [0.05, 0.1) is 11.7 Å². The highest BCUT2D eigenvalue weighted by Gasteiger charge is 2.32. The normalized spacial score (nSPS) is 23.3. The maximum absolute atomic E-state index is 5.98. The van der Waals surface area contributed by atoms with Gasteiger partial charge < -0.3 is 15.2 Å². The second-order valence-electron chi connectivity index (χ2n) is 5.82. The summed E-state index contributed by atoms with van der Waals surface area (Å²) in [6.45, 7) is 6.80. The maximum atomic E-state index is 5.98. The van der Waals surface area contributed by atoms with E-state index in [4.69, 9.17) is 15.2 Å². The summed E-state index contributed by atoms with van der Waals surface area (Å²) in [4.78, 5) is 0. The molecule has 1 aromatic carbocycles. The second-order valence-corrected chi connectivity index (χ2v) is 6.74. The van der Waals surface area contributed by atoms with Gasteiger partial charge in [0.25, 0.3) is 0 Å². The Labute approximate surface area is 123 Å². The van der Waals surface area contributed by atoms with Crippen LogP contribution in [0.25, 0.3) is 0 Å². The fourth-order valence-corrected chi connectivity index (χ4v) is 2.76. The van der Waals surface area contributed by atoms with Crippen molar-refractivity contribution in [1.82, 2.24) is 0 Å². The van der Waals surface area contributed by atoms with Gasteiger partial charge in [-0.25, -0.2) is 0 Å². The van der Waals surface area contributed by atoms with E-state index in [1.165, 1.54) is 0 Å². The van der Waals surface area contributed by atoms with E-state index in [0.717, 1.165) is 28.6 Å². The van der Waals surface area contributed by atoms with Crippen LogP contribution in [0.15, 0.2) is 22.7 Å². The van der Waals surface area contributed by atoms with Crippen molar-refractivity contribution in [2.24, 2.45) is 5.73 Å². The van der Waals surface area contributed by atoms with Crippen LogP contribution in [0.1, 0.15) is 45.2 Å². The van der Waals surface area contributed by atoms with Crippen LogP contribution in [0.5, 0.6) is 5.75 Å². The summed E-state index contributed by atoms with van der Waals surface area (Å²) >= 11 is 3.46. The molecule has 19 heavy (non-hydrogen) atoms. The van der Waals surface area contributed by atoms with Gasteiger partial charge in [0.15, 0.2) is 0 Å². The molecule has 1 aliphatic heterocycles. The Balaban J connectivity index is 2.00. The van der Waals surface area contributed by atoms with Crippen molar-refractivity contribution < 1.29 is 9.47 Å². The predicted molar refractivity (Wildman–Crippen MR) is 80.4 cm³/mol. The molecule has 106 valence electrons. The largest absolute Gasteiger partial charge is 0.491 e. The quantitative estimate of drug-likeness (QED) is 0.914. The number of ether oxygens (including phenoxy) is 2. The van der Waals surface area contributed by atoms with E-state index in [0.29, 0.717) is 6.61 Å². The molecular formula is C15H22BrNO2. The molecule has 0 aromatic heterocycles. The Kier molecular flexibility index (Phi) is 4.54. The second kappa shape index (κ2) is 5.81. The highest BCUT2D eigenvalue weighted by atomic mass is 79.9. The molecule has 0 bridgehead atoms. The number of nitrogens with two attached hydrogens (primary N) is 1. The lowest BCUT2D eigenvalue weighted by atomic mass is 10.1. The first-order chi connectivity index (χ1) is 8.87. The van der Waals surface area contributed by atoms with Gasteiger partial charge in [0.2, 0.25) is 0 Å². The fraction of sp³-hybridized carbons (Fsp3) is 0.600. The van der Waals surface area contributed by atoms with E-state index in [2.05, 4.69) is 29.8 Å². The van der Waals surface area contributed by atoms with Gasteiger partial charge >= 0.3 is 0 Å². The third-order valence-electron chi connectivity index (χ3n) is 3.44. The van der Waals surface area contributed by atoms with Crippen molar-refractivity contribution in [2.75, 3.05) is 6.61 Å². The van der Waals surface area contributed by atoms with Crippen LogP contribution in [0, 0.1) is 0 Å². The molecule has 2 rings (SSSR count). The molecule has 0 radical (unpaired) electrons. The molecule has 3 nitrogen and oxygen atoms in total. The highest BCUT2D eigenvalue weighted by Crippen LogP contribution is 2.31. The summed E-state index contributed by atoms with van der Waals surface area (Å²) in [6.07, 6.45) is 2.32. The van der Waals surface area contributed by atoms with Gasteiger partial charge in [-0.2, -0.15) is 0 Å². The van der Waals surface area contributed by atoms with Gasteiger partial charge in [-0.15, -0.1) is 0 Å². The number of halogens is 1. The lowest BCUT2D eigenvalue weighted by Gasteiger charge is -2.20. The van der Waals surface area contributed by atoms with Crippen molar-refractivity contribution in [2.45, 2.75) is 51.4 Å². The van der Waals surface area contributed by atoms with Gasteiger partial charge in [0.1, 0.15) is 12.4 Å². The Hall–Kier alpha value is -0.580. The zero-order chi connectivity index (χ0) is 14.0. The van der Waals surface area contributed by atoms with Crippen LogP contribution >= 0.6 is 15.9 Å². The summed E-state index contributed by atoms with van der Waals surface area (Å²) in [5, 5.41) is 0. The minimum absolute atomic E-state index is 0.0161. The van der Waals surface area contributed by atoms with E-state index in [9.17, 15) is 0 Å². The summed E-state index contributed by atoms with van der Waals surface area (Å²) < 4.78 is 12.9. The van der Waals surface area contributed by atoms with Crippen LogP contribution in [-0.2, 0) is 4.74 Å². The van der Waals surface area contributed by atoms with E-state index >= 15 is 0 Å². The van der Waals surface area contributed by atoms with E-state index < -0.39 is 0 Å². The van der Waals surface area contributed by atoms with Gasteiger partial charge in [-0.1, -0.05) is 15.9 Å². The Morgan fingerprint density at radius 2 is 2.26 bits per heavy atom. The number of hydrogen-bond donors (Lipinski definition) is 1. The van der Waals surface area contributed by atoms with Crippen molar-refractivity contribution in [1.29, 1.82) is 0 Å². The molecule has 1 aromatic rings. The molecule has 0 saturated carbocycles. The average molecular weight is 328 g/mol. The highest BCUT2D eigenvalue weighted by molar-refractivity contribution is 9.10. The van der Waals surface area contributed by atoms with Crippen LogP contribution in [-0.4, -0.2) is 18.3 Å². The molecule has 1 unspecified atom stereocenters. The van der Waals surface area contributed by atoms with Crippen molar-refractivity contribution in [3.63, 3.8) is 0 Å². The Morgan fingerprint density at radius 1 is 1.53 bits per heavy atom. The van der Waals surface area contributed by atoms with Crippen molar-refractivity contribution in [3.05, 3.63) is 28.2 Å². The molecular weight excluding hydrogens is 306 g/mol. The van der Waals surface area contributed by atoms with Crippen molar-refractivity contribution in [3.8, 4) is 5.75 Å². The molecule has 1 aliphatic rings. The molecule has 1 fully saturated rings. The number of hydrogen-bond acceptors (Lipinski definition) is 3. The van der Waals surface area contributed by atoms with Gasteiger partial charge in [-0.05, 0) is 51.8 Å². The molecule has 1 heterocycles. The van der Waals surface area contributed by atoms with Crippen LogP contribution < -0.4 is 10.5 Å². The molecule has 0 aliphatic carbocycles. The van der Waals surface area contributed by atoms with Crippen molar-refractivity contribution >= 4 is 15.9 Å². The van der Waals surface area contributed by atoms with E-state index in [1.54, 1.807) is 0 Å². The predicted octanol–water partition coefficient (Wildman–Crippen LogP) is 3.81. The maximum Gasteiger partial charge on any atom is 0.124 e. The lowest BCUT2D eigenvalue weighted by Crippen LogP contribution is -2.24. The first kappa shape index (κ1) is 14.8. The van der Waals surface area contributed by atoms with E-state index in [1.807, 2.05) is 25.1 Å². The fourth-order valence-electron chi connectivity index (χ4n) is 2.38. The van der Waals surface area contributed by atoms with Crippen LogP contribution in [0.3, 0.4) is 0 Å². The lowest BCUT2D eigenvalue weighted by molar-refractivity contribution is -0.0327. The van der Waals surface area contributed by atoms with Crippen LogP contribution in [0.4, 0.5) is 0 Å². The van der Waals surface area contributed by atoms with Gasteiger partial charge in [-0.3, -0.25) is 0 Å². The molecule has 0 amide bonds. The third-order valence-corrected chi connectivity index (χ3v) is 3.93. The summed E-state index contributed by atoms with van der Waals surface area (Å²) in [5.41, 5.74) is 6.98. The first-order valence-corrected chi connectivity index (χ1v) is 7.52. The number of benzene rings is 1. The average Bonchev–Trinajstić information content (AvgIpc) is 2.67. The molecule has 4 heteroatoms. The van der Waals surface area contributed by atoms with Crippen LogP contribution in [0.2, 0.25) is 0 Å². The summed E-state index contributed by atoms with van der Waals surface area (Å²) in [5.74, 6) is 0.853. The third kappa shape index (κ3) is 3.94. The SMILES string of the molecule is C[C@@H](N)c1cc(Br)ccc1OCC1CCC(C)(C)O1. The summed E-state index contributed by atoms with van der Waals surface area (Å²) in [7, 11) is 0. The summed E-state index contributed by atoms with van der Waals surface area (Å²) in [6, 6.07) is 5.90. The smallest absolute Gasteiger partial charge is 0.124 e. The molecule has 1 saturated heterocycles. The van der Waals surface area contributed by atoms with Gasteiger partial charge in [0, 0.05) is 16.1 Å². The molecule has 2 N–H and O–H groups in total. The first-order valence-electron chi connectivity index (χ1n) is 6.73. The zero-order valence-corrected chi connectivity index (χ0v) is 13.4. The monoisotopic (exact) mass is 327 g/mol. The number of rotatable bonds is 4. The molecule has 0 spiro atoms. The minimum Gasteiger partial charge on any atom is -0.491 e.